The second-order valence-corrected chi connectivity index (χ2v) is 7.29. The first-order chi connectivity index (χ1) is 14.2. The normalized spacial score (nSPS) is 14.6. The van der Waals surface area contributed by atoms with Crippen LogP contribution in [-0.2, 0) is 19.6 Å². The summed E-state index contributed by atoms with van der Waals surface area (Å²) in [6, 6.07) is 14.5. The van der Waals surface area contributed by atoms with Gasteiger partial charge < -0.3 is 9.47 Å². The van der Waals surface area contributed by atoms with Gasteiger partial charge in [0.2, 0.25) is 0 Å². The first-order valence-corrected chi connectivity index (χ1v) is 10.3. The zero-order valence-electron chi connectivity index (χ0n) is 17.6. The molecule has 1 aliphatic rings. The molecule has 0 aliphatic carbocycles. The molecule has 2 aromatic carbocycles. The van der Waals surface area contributed by atoms with E-state index in [-0.39, 0.29) is 0 Å². The van der Waals surface area contributed by atoms with Crippen molar-refractivity contribution in [2.75, 3.05) is 20.2 Å². The van der Waals surface area contributed by atoms with Crippen LogP contribution in [0.2, 0.25) is 0 Å². The van der Waals surface area contributed by atoms with E-state index in [9.17, 15) is 0 Å². The SMILES string of the molecule is C=C/C=C(\C=C/CC)CN1CCc2cc(OCc3ccccc3)c(OC)cc2C1. The maximum Gasteiger partial charge on any atom is 0.161 e. The Labute approximate surface area is 175 Å². The van der Waals surface area contributed by atoms with Gasteiger partial charge in [-0.3, -0.25) is 4.90 Å². The van der Waals surface area contributed by atoms with Crippen molar-refractivity contribution >= 4 is 0 Å². The lowest BCUT2D eigenvalue weighted by molar-refractivity contribution is 0.268. The van der Waals surface area contributed by atoms with Crippen molar-refractivity contribution in [3.8, 4) is 11.5 Å². The summed E-state index contributed by atoms with van der Waals surface area (Å²) in [5, 5.41) is 0. The summed E-state index contributed by atoms with van der Waals surface area (Å²) in [4.78, 5) is 2.47. The minimum absolute atomic E-state index is 0.543. The van der Waals surface area contributed by atoms with Crippen LogP contribution >= 0.6 is 0 Å². The molecule has 3 heteroatoms. The topological polar surface area (TPSA) is 21.7 Å². The number of allylic oxidation sites excluding steroid dienone is 3. The van der Waals surface area contributed by atoms with E-state index in [1.54, 1.807) is 7.11 Å². The van der Waals surface area contributed by atoms with Crippen LogP contribution in [0.5, 0.6) is 11.5 Å². The van der Waals surface area contributed by atoms with Crippen LogP contribution < -0.4 is 9.47 Å². The predicted octanol–water partition coefficient (Wildman–Crippen LogP) is 5.71. The van der Waals surface area contributed by atoms with E-state index >= 15 is 0 Å². The first kappa shape index (κ1) is 20.9. The Morgan fingerprint density at radius 1 is 1.14 bits per heavy atom. The van der Waals surface area contributed by atoms with Crippen molar-refractivity contribution in [1.82, 2.24) is 4.90 Å². The first-order valence-electron chi connectivity index (χ1n) is 10.3. The lowest BCUT2D eigenvalue weighted by Gasteiger charge is -2.30. The van der Waals surface area contributed by atoms with Gasteiger partial charge >= 0.3 is 0 Å². The van der Waals surface area contributed by atoms with E-state index in [0.29, 0.717) is 6.61 Å². The second-order valence-electron chi connectivity index (χ2n) is 7.29. The Morgan fingerprint density at radius 3 is 2.66 bits per heavy atom. The maximum absolute atomic E-state index is 6.08. The number of fused-ring (bicyclic) bond motifs is 1. The quantitative estimate of drug-likeness (QED) is 0.513. The highest BCUT2D eigenvalue weighted by atomic mass is 16.5. The van der Waals surface area contributed by atoms with Gasteiger partial charge in [0, 0.05) is 19.6 Å². The van der Waals surface area contributed by atoms with Gasteiger partial charge in [0.05, 0.1) is 7.11 Å². The van der Waals surface area contributed by atoms with E-state index in [4.69, 9.17) is 9.47 Å². The summed E-state index contributed by atoms with van der Waals surface area (Å²) in [6.45, 7) is 9.43. The molecule has 29 heavy (non-hydrogen) atoms. The van der Waals surface area contributed by atoms with E-state index in [1.807, 2.05) is 24.3 Å². The number of hydrogen-bond acceptors (Lipinski definition) is 3. The average molecular weight is 390 g/mol. The lowest BCUT2D eigenvalue weighted by Crippen LogP contribution is -2.32. The Hall–Kier alpha value is -2.78. The van der Waals surface area contributed by atoms with Crippen molar-refractivity contribution in [3.63, 3.8) is 0 Å². The van der Waals surface area contributed by atoms with Gasteiger partial charge in [-0.25, -0.2) is 0 Å². The zero-order valence-corrected chi connectivity index (χ0v) is 17.6. The van der Waals surface area contributed by atoms with Crippen LogP contribution in [0.25, 0.3) is 0 Å². The van der Waals surface area contributed by atoms with Gasteiger partial charge in [-0.2, -0.15) is 0 Å². The smallest absolute Gasteiger partial charge is 0.161 e. The summed E-state index contributed by atoms with van der Waals surface area (Å²) in [7, 11) is 1.71. The van der Waals surface area contributed by atoms with Gasteiger partial charge in [0.25, 0.3) is 0 Å². The molecule has 152 valence electrons. The molecular weight excluding hydrogens is 358 g/mol. The second kappa shape index (κ2) is 10.7. The van der Waals surface area contributed by atoms with Crippen LogP contribution in [-0.4, -0.2) is 25.1 Å². The minimum Gasteiger partial charge on any atom is -0.493 e. The molecule has 0 saturated heterocycles. The Bertz CT molecular complexity index is 868. The van der Waals surface area contributed by atoms with Gasteiger partial charge in [-0.15, -0.1) is 0 Å². The lowest BCUT2D eigenvalue weighted by atomic mass is 9.98. The molecular formula is C26H31NO2. The standard InChI is InChI=1S/C26H31NO2/c1-4-6-11-21(10-5-2)18-27-15-14-23-16-26(25(28-3)17-24(23)19-27)29-20-22-12-8-7-9-13-22/h5-13,16-17H,2,4,14-15,18-20H2,1,3H3/b11-6-,21-10+. The number of hydrogen-bond donors (Lipinski definition) is 0. The van der Waals surface area contributed by atoms with Gasteiger partial charge in [0.1, 0.15) is 6.61 Å². The minimum atomic E-state index is 0.543. The van der Waals surface area contributed by atoms with Crippen LogP contribution in [0.15, 0.2) is 78.9 Å². The van der Waals surface area contributed by atoms with Gasteiger partial charge in [-0.05, 0) is 47.2 Å². The number of methoxy groups -OCH3 is 1. The van der Waals surface area contributed by atoms with Crippen molar-refractivity contribution in [2.45, 2.75) is 32.9 Å². The Kier molecular flexibility index (Phi) is 7.71. The molecule has 0 aromatic heterocycles. The van der Waals surface area contributed by atoms with Crippen LogP contribution in [0.3, 0.4) is 0 Å². The molecule has 0 bridgehead atoms. The fraction of sp³-hybridized carbons (Fsp3) is 0.308. The maximum atomic E-state index is 6.08. The van der Waals surface area contributed by atoms with Crippen molar-refractivity contribution in [3.05, 3.63) is 95.6 Å². The predicted molar refractivity (Wildman–Crippen MR) is 120 cm³/mol. The van der Waals surface area contributed by atoms with Crippen molar-refractivity contribution < 1.29 is 9.47 Å². The molecule has 1 heterocycles. The Morgan fingerprint density at radius 2 is 1.93 bits per heavy atom. The number of nitrogens with zero attached hydrogens (tertiary/aromatic N) is 1. The summed E-state index contributed by atoms with van der Waals surface area (Å²) in [5.41, 5.74) is 5.11. The molecule has 3 rings (SSSR count). The van der Waals surface area contributed by atoms with E-state index in [2.05, 4.69) is 60.9 Å². The van der Waals surface area contributed by atoms with Crippen LogP contribution in [0.1, 0.15) is 30.0 Å². The molecule has 2 aromatic rings. The highest BCUT2D eigenvalue weighted by molar-refractivity contribution is 5.48. The molecule has 0 radical (unpaired) electrons. The summed E-state index contributed by atoms with van der Waals surface area (Å²) in [6.07, 6.45) is 10.4. The van der Waals surface area contributed by atoms with Gasteiger partial charge in [0.15, 0.2) is 11.5 Å². The Balaban J connectivity index is 1.71. The fourth-order valence-corrected chi connectivity index (χ4v) is 3.60. The largest absolute Gasteiger partial charge is 0.493 e. The molecule has 0 unspecified atom stereocenters. The molecule has 3 nitrogen and oxygen atoms in total. The number of rotatable bonds is 9. The monoisotopic (exact) mass is 389 g/mol. The van der Waals surface area contributed by atoms with Gasteiger partial charge in [-0.1, -0.05) is 68.1 Å². The summed E-state index contributed by atoms with van der Waals surface area (Å²) in [5.74, 6) is 1.62. The van der Waals surface area contributed by atoms with Crippen LogP contribution in [0.4, 0.5) is 0 Å². The van der Waals surface area contributed by atoms with Crippen molar-refractivity contribution in [1.29, 1.82) is 0 Å². The molecule has 1 aliphatic heterocycles. The summed E-state index contributed by atoms with van der Waals surface area (Å²) >= 11 is 0. The number of benzene rings is 2. The third-order valence-corrected chi connectivity index (χ3v) is 5.12. The zero-order chi connectivity index (χ0) is 20.5. The molecule has 0 fully saturated rings. The van der Waals surface area contributed by atoms with E-state index in [0.717, 1.165) is 49.5 Å². The average Bonchev–Trinajstić information content (AvgIpc) is 2.76. The number of ether oxygens (including phenoxy) is 2. The molecule has 0 amide bonds. The highest BCUT2D eigenvalue weighted by Gasteiger charge is 2.20. The fourth-order valence-electron chi connectivity index (χ4n) is 3.60. The van der Waals surface area contributed by atoms with Crippen LogP contribution in [0, 0.1) is 0 Å². The highest BCUT2D eigenvalue weighted by Crippen LogP contribution is 2.34. The third-order valence-electron chi connectivity index (χ3n) is 5.12. The van der Waals surface area contributed by atoms with E-state index < -0.39 is 0 Å². The molecule has 0 saturated carbocycles. The molecule has 0 spiro atoms. The van der Waals surface area contributed by atoms with Crippen molar-refractivity contribution in [2.24, 2.45) is 0 Å². The van der Waals surface area contributed by atoms with E-state index in [1.165, 1.54) is 16.7 Å². The summed E-state index contributed by atoms with van der Waals surface area (Å²) < 4.78 is 11.7. The molecule has 0 N–H and O–H groups in total. The third kappa shape index (κ3) is 5.85. The molecule has 0 atom stereocenters.